The molecule has 12 aliphatic carbocycles. The molecule has 0 N–H and O–H groups in total. The minimum absolute atomic E-state index is 0.0118. The van der Waals surface area contributed by atoms with Crippen molar-refractivity contribution >= 4 is 83.2 Å². The number of rotatable bonds is 13. The molecule has 6 aromatic rings. The normalized spacial score (nSPS) is 30.1. The van der Waals surface area contributed by atoms with Gasteiger partial charge in [-0.2, -0.15) is 0 Å². The molecule has 0 amide bonds. The van der Waals surface area contributed by atoms with Crippen LogP contribution in [0.5, 0.6) is 17.2 Å². The van der Waals surface area contributed by atoms with E-state index in [1.807, 2.05) is 13.8 Å². The maximum atomic E-state index is 13.3. The third-order valence-electron chi connectivity index (χ3n) is 28.8. The molecule has 5 heterocycles. The molecule has 6 aromatic carbocycles. The van der Waals surface area contributed by atoms with Gasteiger partial charge in [0.1, 0.15) is 80.9 Å². The standard InChI is InChI=1S/C26H31O3S.C24H33O2S.C23H31O2S.C15H23S.C11H15S.C2H6/c27-25(29-26-19-12-17-11-18(14-19)15-20(26)13-17)16-28-23-7-8-24(30-9-3-4-10-30)22-6-2-1-5-21(22)23;1-16-8-21(27-6-4-3-5-7-27)9-17(2)22(16)26-23(25)24-13-18-10-19(14-24)12-20(11-18)15-24;1-15-7-20(26-5-3-4-6-26)8-16(2)21(15)25-22(24)23-12-17-9-18(13-23)11-19(10-17)14-23;1-15(2,3)13-7-9-14(10-8-13)16-11-5-4-6-12-16;1-3-7-11(8-4-1)12-9-5-2-6-10-12;1-2/h1-2,5-8,17-20,26H,3-4,9-16H2;8-9,18-20H,3-7,10-15H2,1-2H3;7-8,17-19H,3-6,9-14H2,1-2H3;7-10H,4-6,11-12H2,1-3H3;1,3-4,7-8H,2,5-6,9-10H2;1-2H3/q5*+1;. The van der Waals surface area contributed by atoms with E-state index in [1.54, 1.807) is 9.79 Å². The molecule has 5 aliphatic heterocycles. The minimum atomic E-state index is -0.196. The second-order valence-corrected chi connectivity index (χ2v) is 49.8. The molecule has 610 valence electrons. The van der Waals surface area contributed by atoms with E-state index in [4.69, 9.17) is 18.9 Å². The predicted molar refractivity (Wildman–Crippen MR) is 480 cm³/mol. The Kier molecular flexibility index (Phi) is 28.0. The van der Waals surface area contributed by atoms with Crippen molar-refractivity contribution in [2.75, 3.05) is 64.1 Å². The van der Waals surface area contributed by atoms with Crippen molar-refractivity contribution in [1.82, 2.24) is 0 Å². The first-order valence-corrected chi connectivity index (χ1v) is 53.2. The van der Waals surface area contributed by atoms with Crippen molar-refractivity contribution in [3.63, 3.8) is 0 Å². The first-order chi connectivity index (χ1) is 54.8. The molecule has 0 unspecified atom stereocenters. The summed E-state index contributed by atoms with van der Waals surface area (Å²) in [4.78, 5) is 46.9. The van der Waals surface area contributed by atoms with Crippen LogP contribution in [0, 0.1) is 97.7 Å². The van der Waals surface area contributed by atoms with E-state index in [0.29, 0.717) is 66.3 Å². The molecule has 23 rings (SSSR count). The third kappa shape index (κ3) is 20.0. The molecule has 0 spiro atoms. The van der Waals surface area contributed by atoms with Gasteiger partial charge in [0.25, 0.3) is 0 Å². The largest absolute Gasteiger partial charge is 0.481 e. The summed E-state index contributed by atoms with van der Waals surface area (Å²) in [5.41, 5.74) is 6.01. The highest BCUT2D eigenvalue weighted by molar-refractivity contribution is 7.98. The van der Waals surface area contributed by atoms with Crippen molar-refractivity contribution < 1.29 is 33.3 Å². The number of carbonyl (C=O) groups excluding carboxylic acids is 3. The van der Waals surface area contributed by atoms with Crippen molar-refractivity contribution in [3.05, 3.63) is 143 Å². The molecule has 17 aliphatic rings. The van der Waals surface area contributed by atoms with Crippen LogP contribution in [0.25, 0.3) is 10.8 Å². The van der Waals surface area contributed by atoms with Crippen molar-refractivity contribution in [1.29, 1.82) is 0 Å². The van der Waals surface area contributed by atoms with Crippen molar-refractivity contribution in [2.45, 2.75) is 291 Å². The van der Waals surface area contributed by atoms with E-state index in [9.17, 15) is 14.4 Å². The number of ether oxygens (including phenoxy) is 4. The molecule has 0 atom stereocenters. The highest BCUT2D eigenvalue weighted by Gasteiger charge is 2.58. The number of hydrogen-bond acceptors (Lipinski definition) is 7. The molecule has 12 bridgehead atoms. The van der Waals surface area contributed by atoms with Crippen LogP contribution in [0.15, 0.2) is 140 Å². The second-order valence-electron chi connectivity index (χ2n) is 38.4. The number of carbonyl (C=O) groups is 3. The Balaban J connectivity index is 0.000000114. The third-order valence-corrected chi connectivity index (χ3v) is 41.3. The number of benzene rings is 6. The first-order valence-electron chi connectivity index (χ1n) is 45.4. The molecule has 113 heavy (non-hydrogen) atoms. The van der Waals surface area contributed by atoms with E-state index in [2.05, 4.69) is 164 Å². The molecule has 17 fully saturated rings. The van der Waals surface area contributed by atoms with Crippen LogP contribution >= 0.6 is 0 Å². The fourth-order valence-corrected chi connectivity index (χ4v) is 36.4. The number of aryl methyl sites for hydroxylation is 4. The molecule has 12 saturated carbocycles. The van der Waals surface area contributed by atoms with E-state index >= 15 is 0 Å². The van der Waals surface area contributed by atoms with E-state index in [0.717, 1.165) is 131 Å². The lowest BCUT2D eigenvalue weighted by molar-refractivity contribution is -0.172. The molecular formula is C101H139O7S5+5. The second kappa shape index (κ2) is 37.9. The van der Waals surface area contributed by atoms with Crippen LogP contribution < -0.4 is 14.2 Å². The summed E-state index contributed by atoms with van der Waals surface area (Å²) in [6, 6.07) is 42.4. The molecule has 12 heteroatoms. The SMILES string of the molecule is CC.CC(C)(C)c1ccc([S+]2CCCCC2)cc1.Cc1cc([S+]2CCCC2)cc(C)c1OC(=O)C12CC3CC(CC(C3)C1)C2.Cc1cc([S+]2CCCCC2)cc(C)c1OC(=O)C12CC3CC(CC(C3)C1)C2.O=C(COc1ccc([S+]2CCCC2)c2ccccc12)OC1C2CC3CC(C2)CC1C3.c1ccc([S+]2CCCCC2)cc1. The zero-order chi connectivity index (χ0) is 78.4. The first kappa shape index (κ1) is 83.6. The zero-order valence-corrected chi connectivity index (χ0v) is 74.8. The summed E-state index contributed by atoms with van der Waals surface area (Å²) >= 11 is 0. The van der Waals surface area contributed by atoms with Gasteiger partial charge in [0.05, 0.1) is 10.8 Å². The van der Waals surface area contributed by atoms with Crippen LogP contribution in [0.2, 0.25) is 0 Å². The zero-order valence-electron chi connectivity index (χ0n) is 70.7. The lowest BCUT2D eigenvalue weighted by atomic mass is 9.49. The van der Waals surface area contributed by atoms with Gasteiger partial charge in [-0.15, -0.1) is 0 Å². The van der Waals surface area contributed by atoms with E-state index in [1.165, 1.54) is 237 Å². The predicted octanol–water partition coefficient (Wildman–Crippen LogP) is 24.2. The van der Waals surface area contributed by atoms with Gasteiger partial charge >= 0.3 is 17.9 Å². The summed E-state index contributed by atoms with van der Waals surface area (Å²) in [5.74, 6) is 23.8. The summed E-state index contributed by atoms with van der Waals surface area (Å²) in [6.07, 6.45) is 39.5. The highest BCUT2D eigenvalue weighted by atomic mass is 32.2. The van der Waals surface area contributed by atoms with Crippen molar-refractivity contribution in [3.8, 4) is 17.2 Å². The minimum Gasteiger partial charge on any atom is -0.481 e. The van der Waals surface area contributed by atoms with Crippen molar-refractivity contribution in [2.24, 2.45) is 70.0 Å². The lowest BCUT2D eigenvalue weighted by Crippen LogP contribution is -2.51. The monoisotopic (exact) mass is 1620 g/mol. The van der Waals surface area contributed by atoms with Crippen LogP contribution in [0.4, 0.5) is 0 Å². The summed E-state index contributed by atoms with van der Waals surface area (Å²) in [5, 5.41) is 2.41. The van der Waals surface area contributed by atoms with Gasteiger partial charge < -0.3 is 18.9 Å². The lowest BCUT2D eigenvalue weighted by Gasteiger charge is -2.55. The Morgan fingerprint density at radius 2 is 0.708 bits per heavy atom. The Morgan fingerprint density at radius 1 is 0.372 bits per heavy atom. The summed E-state index contributed by atoms with van der Waals surface area (Å²) in [6.45, 7) is 19.4. The van der Waals surface area contributed by atoms with Gasteiger partial charge in [0.2, 0.25) is 0 Å². The average Bonchev–Trinajstić information content (AvgIpc) is 1.04. The van der Waals surface area contributed by atoms with Crippen LogP contribution in [-0.4, -0.2) is 88.1 Å². The molecular weight excluding hydrogens is 1490 g/mol. The fraction of sp³-hybridized carbons (Fsp3) is 0.634. The fourth-order valence-electron chi connectivity index (χ4n) is 24.3. The Labute approximate surface area is 696 Å². The number of fused-ring (bicyclic) bond motifs is 1. The van der Waals surface area contributed by atoms with Gasteiger partial charge in [-0.1, -0.05) is 83.1 Å². The molecule has 7 nitrogen and oxygen atoms in total. The van der Waals surface area contributed by atoms with E-state index < -0.39 is 0 Å². The Hall–Kier alpha value is -4.46. The van der Waals surface area contributed by atoms with Gasteiger partial charge in [-0.05, 0) is 379 Å². The quantitative estimate of drug-likeness (QED) is 0.0647. The Bertz CT molecular complexity index is 4020. The number of hydrogen-bond donors (Lipinski definition) is 0. The molecule has 5 saturated heterocycles. The van der Waals surface area contributed by atoms with Crippen LogP contribution in [0.1, 0.15) is 255 Å². The summed E-state index contributed by atoms with van der Waals surface area (Å²) in [7, 11) is 2.33. The maximum absolute atomic E-state index is 13.3. The van der Waals surface area contributed by atoms with Gasteiger partial charge in [0, 0.05) is 65.2 Å². The van der Waals surface area contributed by atoms with Crippen LogP contribution in [0.3, 0.4) is 0 Å². The van der Waals surface area contributed by atoms with E-state index in [-0.39, 0.29) is 46.9 Å². The average molecular weight is 1630 g/mol. The summed E-state index contributed by atoms with van der Waals surface area (Å²) < 4.78 is 24.3. The smallest absolute Gasteiger partial charge is 0.344 e. The van der Waals surface area contributed by atoms with Gasteiger partial charge in [0.15, 0.2) is 31.1 Å². The maximum Gasteiger partial charge on any atom is 0.344 e. The Morgan fingerprint density at radius 3 is 1.10 bits per heavy atom. The van der Waals surface area contributed by atoms with Gasteiger partial charge in [-0.3, -0.25) is 9.59 Å². The topological polar surface area (TPSA) is 88.1 Å². The highest BCUT2D eigenvalue weighted by Crippen LogP contribution is 2.62. The molecule has 0 aromatic heterocycles. The number of esters is 3. The van der Waals surface area contributed by atoms with Crippen LogP contribution in [-0.2, 0) is 79.0 Å². The molecule has 0 radical (unpaired) electrons. The van der Waals surface area contributed by atoms with Gasteiger partial charge in [-0.25, -0.2) is 4.79 Å².